The van der Waals surface area contributed by atoms with E-state index in [4.69, 9.17) is 0 Å². The van der Waals surface area contributed by atoms with E-state index in [0.717, 1.165) is 6.26 Å². The smallest absolute Gasteiger partial charge is 0.240 e. The number of hydrogen-bond donors (Lipinski definition) is 2. The molecular weight excluding hydrogens is 218 g/mol. The van der Waals surface area contributed by atoms with Crippen molar-refractivity contribution in [1.29, 1.82) is 0 Å². The van der Waals surface area contributed by atoms with Gasteiger partial charge in [0.2, 0.25) is 5.91 Å². The van der Waals surface area contributed by atoms with Crippen molar-refractivity contribution in [2.24, 2.45) is 0 Å². The summed E-state index contributed by atoms with van der Waals surface area (Å²) in [7, 11) is -3.45. The van der Waals surface area contributed by atoms with Gasteiger partial charge < -0.3 is 10.4 Å². The Morgan fingerprint density at radius 1 is 1.47 bits per heavy atom. The number of carbonyl (C=O) groups excluding carboxylic acids is 1. The highest BCUT2D eigenvalue weighted by molar-refractivity contribution is 7.92. The van der Waals surface area contributed by atoms with Crippen LogP contribution >= 0.6 is 0 Å². The molecule has 15 heavy (non-hydrogen) atoms. The molecule has 0 heterocycles. The van der Waals surface area contributed by atoms with Crippen LogP contribution in [0.3, 0.4) is 0 Å². The molecule has 90 valence electrons. The molecule has 0 radical (unpaired) electrons. The summed E-state index contributed by atoms with van der Waals surface area (Å²) < 4.78 is 21.1. The molecule has 0 aliphatic heterocycles. The minimum atomic E-state index is -3.45. The molecule has 0 spiro atoms. The number of nitrogens with one attached hydrogen (secondary N) is 1. The van der Waals surface area contributed by atoms with Crippen LogP contribution in [0.25, 0.3) is 0 Å². The molecule has 0 saturated heterocycles. The first-order valence-corrected chi connectivity index (χ1v) is 6.68. The maximum absolute atomic E-state index is 11.5. The predicted octanol–water partition coefficient (Wildman–Crippen LogP) is -0.303. The summed E-state index contributed by atoms with van der Waals surface area (Å²) in [5.74, 6) is -0.586. The lowest BCUT2D eigenvalue weighted by Gasteiger charge is -2.22. The normalized spacial score (nSPS) is 14.7. The topological polar surface area (TPSA) is 83.5 Å². The van der Waals surface area contributed by atoms with E-state index < -0.39 is 26.6 Å². The van der Waals surface area contributed by atoms with Crippen molar-refractivity contribution >= 4 is 15.7 Å². The van der Waals surface area contributed by atoms with Gasteiger partial charge in [-0.15, -0.1) is 0 Å². The molecule has 0 aromatic rings. The average molecular weight is 237 g/mol. The van der Waals surface area contributed by atoms with Gasteiger partial charge in [0, 0.05) is 12.8 Å². The monoisotopic (exact) mass is 237 g/mol. The van der Waals surface area contributed by atoms with Crippen molar-refractivity contribution in [3.63, 3.8) is 0 Å². The minimum absolute atomic E-state index is 0.0777. The number of aliphatic hydroxyl groups is 1. The molecule has 1 atom stereocenters. The van der Waals surface area contributed by atoms with Gasteiger partial charge in [-0.25, -0.2) is 8.42 Å². The van der Waals surface area contributed by atoms with Crippen LogP contribution in [0, 0.1) is 0 Å². The van der Waals surface area contributed by atoms with Gasteiger partial charge >= 0.3 is 0 Å². The first-order valence-electron chi connectivity index (χ1n) is 4.79. The van der Waals surface area contributed by atoms with Gasteiger partial charge in [0.25, 0.3) is 0 Å². The van der Waals surface area contributed by atoms with Gasteiger partial charge in [-0.05, 0) is 20.3 Å². The number of amides is 1. The molecule has 2 N–H and O–H groups in total. The van der Waals surface area contributed by atoms with Crippen LogP contribution in [-0.4, -0.2) is 43.1 Å². The van der Waals surface area contributed by atoms with Gasteiger partial charge in [-0.3, -0.25) is 4.79 Å². The molecule has 6 heteroatoms. The molecule has 0 bridgehead atoms. The van der Waals surface area contributed by atoms with Crippen LogP contribution in [0.15, 0.2) is 0 Å². The maximum atomic E-state index is 11.5. The van der Waals surface area contributed by atoms with E-state index in [1.54, 1.807) is 6.92 Å². The fourth-order valence-electron chi connectivity index (χ4n) is 0.736. The summed E-state index contributed by atoms with van der Waals surface area (Å²) in [6.07, 6.45) is 0.895. The predicted molar refractivity (Wildman–Crippen MR) is 58.2 cm³/mol. The van der Waals surface area contributed by atoms with Crippen molar-refractivity contribution in [3.05, 3.63) is 0 Å². The Bertz CT molecular complexity index is 321. The van der Waals surface area contributed by atoms with Crippen LogP contribution in [0.1, 0.15) is 27.2 Å². The van der Waals surface area contributed by atoms with Crippen molar-refractivity contribution in [2.75, 3.05) is 12.8 Å². The van der Waals surface area contributed by atoms with Crippen molar-refractivity contribution in [2.45, 2.75) is 38.0 Å². The number of aliphatic hydroxyl groups excluding tert-OH is 1. The van der Waals surface area contributed by atoms with Crippen LogP contribution in [0.4, 0.5) is 0 Å². The second-order valence-electron chi connectivity index (χ2n) is 4.05. The summed E-state index contributed by atoms with van der Waals surface area (Å²) in [5, 5.41) is 11.6. The second kappa shape index (κ2) is 4.94. The zero-order chi connectivity index (χ0) is 12.3. The fourth-order valence-corrected chi connectivity index (χ4v) is 1.15. The van der Waals surface area contributed by atoms with E-state index >= 15 is 0 Å². The summed E-state index contributed by atoms with van der Waals surface area (Å²) >= 11 is 0. The highest BCUT2D eigenvalue weighted by Crippen LogP contribution is 2.14. The lowest BCUT2D eigenvalue weighted by molar-refractivity contribution is -0.123. The third kappa shape index (κ3) is 3.79. The fraction of sp³-hybridized carbons (Fsp3) is 0.889. The quantitative estimate of drug-likeness (QED) is 0.687. The SMILES string of the molecule is CCC(O)CNC(=O)C(C)(C)S(C)(=O)=O. The lowest BCUT2D eigenvalue weighted by Crippen LogP contribution is -2.49. The number of rotatable bonds is 5. The molecule has 1 unspecified atom stereocenters. The largest absolute Gasteiger partial charge is 0.391 e. The van der Waals surface area contributed by atoms with E-state index in [9.17, 15) is 18.3 Å². The minimum Gasteiger partial charge on any atom is -0.391 e. The van der Waals surface area contributed by atoms with Gasteiger partial charge in [0.15, 0.2) is 9.84 Å². The van der Waals surface area contributed by atoms with E-state index in [1.165, 1.54) is 13.8 Å². The van der Waals surface area contributed by atoms with Crippen LogP contribution in [0.2, 0.25) is 0 Å². The summed E-state index contributed by atoms with van der Waals surface area (Å²) in [4.78, 5) is 11.5. The Balaban J connectivity index is 4.47. The zero-order valence-corrected chi connectivity index (χ0v) is 10.4. The van der Waals surface area contributed by atoms with Crippen molar-refractivity contribution in [3.8, 4) is 0 Å². The highest BCUT2D eigenvalue weighted by atomic mass is 32.2. The first-order chi connectivity index (χ1) is 6.63. The molecule has 0 fully saturated rings. The van der Waals surface area contributed by atoms with E-state index in [-0.39, 0.29) is 6.54 Å². The second-order valence-corrected chi connectivity index (χ2v) is 6.62. The third-order valence-electron chi connectivity index (χ3n) is 2.44. The van der Waals surface area contributed by atoms with E-state index in [0.29, 0.717) is 6.42 Å². The summed E-state index contributed by atoms with van der Waals surface area (Å²) in [6, 6.07) is 0. The number of carbonyl (C=O) groups is 1. The third-order valence-corrected chi connectivity index (χ3v) is 4.48. The van der Waals surface area contributed by atoms with Gasteiger partial charge in [-0.2, -0.15) is 0 Å². The molecule has 0 saturated carbocycles. The summed E-state index contributed by atoms with van der Waals surface area (Å²) in [5.41, 5.74) is 0. The number of hydrogen-bond acceptors (Lipinski definition) is 4. The molecule has 0 rings (SSSR count). The van der Waals surface area contributed by atoms with Crippen LogP contribution in [-0.2, 0) is 14.6 Å². The zero-order valence-electron chi connectivity index (χ0n) is 9.57. The first kappa shape index (κ1) is 14.4. The Morgan fingerprint density at radius 2 is 1.93 bits per heavy atom. The van der Waals surface area contributed by atoms with Gasteiger partial charge in [0.1, 0.15) is 4.75 Å². The van der Waals surface area contributed by atoms with E-state index in [1.807, 2.05) is 0 Å². The van der Waals surface area contributed by atoms with Gasteiger partial charge in [-0.1, -0.05) is 6.92 Å². The van der Waals surface area contributed by atoms with Crippen molar-refractivity contribution < 1.29 is 18.3 Å². The molecule has 0 aromatic carbocycles. The van der Waals surface area contributed by atoms with Crippen LogP contribution < -0.4 is 5.32 Å². The molecule has 0 aliphatic carbocycles. The molecular formula is C9H19NO4S. The average Bonchev–Trinajstić information content (AvgIpc) is 2.11. The summed E-state index contributed by atoms with van der Waals surface area (Å²) in [6.45, 7) is 4.54. The maximum Gasteiger partial charge on any atom is 0.240 e. The molecule has 0 aromatic heterocycles. The number of sulfone groups is 1. The molecule has 1 amide bonds. The highest BCUT2D eigenvalue weighted by Gasteiger charge is 2.38. The Hall–Kier alpha value is -0.620. The van der Waals surface area contributed by atoms with Crippen molar-refractivity contribution in [1.82, 2.24) is 5.32 Å². The van der Waals surface area contributed by atoms with Gasteiger partial charge in [0.05, 0.1) is 6.10 Å². The Labute approximate surface area is 90.8 Å². The van der Waals surface area contributed by atoms with E-state index in [2.05, 4.69) is 5.32 Å². The Kier molecular flexibility index (Phi) is 4.73. The molecule has 5 nitrogen and oxygen atoms in total. The van der Waals surface area contributed by atoms with Crippen LogP contribution in [0.5, 0.6) is 0 Å². The standard InChI is InChI=1S/C9H19NO4S/c1-5-7(11)6-10-8(12)9(2,3)15(4,13)14/h7,11H,5-6H2,1-4H3,(H,10,12). The lowest BCUT2D eigenvalue weighted by atomic mass is 10.2. The molecule has 0 aliphatic rings. The Morgan fingerprint density at radius 3 is 2.27 bits per heavy atom.